The maximum atomic E-state index is 13.0. The largest absolute Gasteiger partial charge is 0.478 e. The van der Waals surface area contributed by atoms with E-state index < -0.39 is 5.97 Å². The number of carbonyl (C=O) groups excluding carboxylic acids is 2. The predicted molar refractivity (Wildman–Crippen MR) is 94.1 cm³/mol. The summed E-state index contributed by atoms with van der Waals surface area (Å²) >= 11 is 0. The van der Waals surface area contributed by atoms with E-state index in [4.69, 9.17) is 9.52 Å². The molecule has 1 aliphatic carbocycles. The Labute approximate surface area is 148 Å². The molecular weight excluding hydrogens is 332 g/mol. The molecule has 0 atom stereocenters. The van der Waals surface area contributed by atoms with Gasteiger partial charge in [-0.25, -0.2) is 4.79 Å². The Kier molecular flexibility index (Phi) is 3.62. The first-order chi connectivity index (χ1) is 12.6. The van der Waals surface area contributed by atoms with Crippen LogP contribution in [0.25, 0.3) is 17.4 Å². The van der Waals surface area contributed by atoms with Crippen molar-refractivity contribution < 1.29 is 23.9 Å². The second-order valence-electron chi connectivity index (χ2n) is 5.81. The van der Waals surface area contributed by atoms with E-state index in [-0.39, 0.29) is 11.6 Å². The fourth-order valence-corrected chi connectivity index (χ4v) is 3.09. The van der Waals surface area contributed by atoms with E-state index in [1.165, 1.54) is 6.08 Å². The fraction of sp³-hybridized carbons (Fsp3) is 0. The minimum Gasteiger partial charge on any atom is -0.478 e. The van der Waals surface area contributed by atoms with Crippen molar-refractivity contribution in [1.82, 2.24) is 0 Å². The fourth-order valence-electron chi connectivity index (χ4n) is 3.09. The van der Waals surface area contributed by atoms with Crippen molar-refractivity contribution in [1.29, 1.82) is 0 Å². The molecule has 3 aromatic rings. The lowest BCUT2D eigenvalue weighted by atomic mass is 9.81. The minimum absolute atomic E-state index is 0.199. The Hall–Kier alpha value is -3.73. The molecule has 1 N–H and O–H groups in total. The van der Waals surface area contributed by atoms with Gasteiger partial charge in [-0.05, 0) is 18.2 Å². The number of carbonyl (C=O) groups is 3. The molecule has 5 heteroatoms. The van der Waals surface area contributed by atoms with E-state index >= 15 is 0 Å². The van der Waals surface area contributed by atoms with Crippen molar-refractivity contribution in [3.8, 4) is 11.3 Å². The third-order valence-electron chi connectivity index (χ3n) is 4.23. The van der Waals surface area contributed by atoms with Gasteiger partial charge in [0.2, 0.25) is 0 Å². The van der Waals surface area contributed by atoms with E-state index in [0.29, 0.717) is 39.3 Å². The summed E-state index contributed by atoms with van der Waals surface area (Å²) in [7, 11) is 0. The van der Waals surface area contributed by atoms with Crippen LogP contribution in [0.1, 0.15) is 37.6 Å². The van der Waals surface area contributed by atoms with Gasteiger partial charge in [0.05, 0.1) is 0 Å². The molecule has 0 radical (unpaired) electrons. The number of fused-ring (bicyclic) bond motifs is 2. The van der Waals surface area contributed by atoms with Crippen LogP contribution in [-0.2, 0) is 4.79 Å². The van der Waals surface area contributed by atoms with E-state index in [0.717, 1.165) is 6.08 Å². The smallest absolute Gasteiger partial charge is 0.328 e. The molecule has 0 amide bonds. The summed E-state index contributed by atoms with van der Waals surface area (Å²) in [6.07, 6.45) is 2.29. The number of furan rings is 1. The molecule has 0 unspecified atom stereocenters. The molecule has 5 nitrogen and oxygen atoms in total. The Morgan fingerprint density at radius 1 is 0.808 bits per heavy atom. The average molecular weight is 344 g/mol. The second kappa shape index (κ2) is 5.97. The normalized spacial score (nSPS) is 12.9. The number of rotatable bonds is 3. The molecule has 0 spiro atoms. The minimum atomic E-state index is -1.09. The van der Waals surface area contributed by atoms with Gasteiger partial charge in [-0.2, -0.15) is 0 Å². The molecule has 0 aliphatic heterocycles. The lowest BCUT2D eigenvalue weighted by Crippen LogP contribution is -2.21. The number of hydrogen-bond acceptors (Lipinski definition) is 4. The van der Waals surface area contributed by atoms with Gasteiger partial charge in [-0.3, -0.25) is 9.59 Å². The second-order valence-corrected chi connectivity index (χ2v) is 5.81. The van der Waals surface area contributed by atoms with Crippen molar-refractivity contribution in [3.63, 3.8) is 0 Å². The number of aliphatic carboxylic acids is 1. The van der Waals surface area contributed by atoms with Gasteiger partial charge in [0.25, 0.3) is 0 Å². The molecule has 0 saturated carbocycles. The maximum absolute atomic E-state index is 13.0. The first-order valence-electron chi connectivity index (χ1n) is 7.89. The number of benzene rings is 2. The van der Waals surface area contributed by atoms with Gasteiger partial charge in [-0.15, -0.1) is 0 Å². The van der Waals surface area contributed by atoms with Crippen LogP contribution in [0.3, 0.4) is 0 Å². The quantitative estimate of drug-likeness (QED) is 0.571. The summed E-state index contributed by atoms with van der Waals surface area (Å²) in [6, 6.07) is 15.0. The Morgan fingerprint density at radius 3 is 2.19 bits per heavy atom. The molecule has 0 fully saturated rings. The van der Waals surface area contributed by atoms with Gasteiger partial charge in [0.15, 0.2) is 11.6 Å². The van der Waals surface area contributed by atoms with Crippen LogP contribution in [0.15, 0.2) is 65.1 Å². The number of carboxylic acids is 1. The van der Waals surface area contributed by atoms with Gasteiger partial charge < -0.3 is 9.52 Å². The zero-order valence-electron chi connectivity index (χ0n) is 13.4. The third-order valence-corrected chi connectivity index (χ3v) is 4.23. The molecular formula is C21H12O5. The Morgan fingerprint density at radius 2 is 1.46 bits per heavy atom. The molecule has 1 aliphatic rings. The summed E-state index contributed by atoms with van der Waals surface area (Å²) in [6.45, 7) is 0. The first-order valence-corrected chi connectivity index (χ1v) is 7.89. The van der Waals surface area contributed by atoms with Gasteiger partial charge in [-0.1, -0.05) is 42.5 Å². The van der Waals surface area contributed by atoms with Crippen molar-refractivity contribution in [2.45, 2.75) is 0 Å². The van der Waals surface area contributed by atoms with E-state index in [1.807, 2.05) is 0 Å². The highest BCUT2D eigenvalue weighted by Gasteiger charge is 2.32. The van der Waals surface area contributed by atoms with Gasteiger partial charge >= 0.3 is 5.97 Å². The van der Waals surface area contributed by atoms with Gasteiger partial charge in [0.1, 0.15) is 11.5 Å². The van der Waals surface area contributed by atoms with E-state index in [1.54, 1.807) is 54.6 Å². The first kappa shape index (κ1) is 15.8. The lowest BCUT2D eigenvalue weighted by molar-refractivity contribution is -0.131. The van der Waals surface area contributed by atoms with Crippen LogP contribution in [0.4, 0.5) is 0 Å². The summed E-state index contributed by atoms with van der Waals surface area (Å²) in [5.41, 5.74) is 1.91. The van der Waals surface area contributed by atoms with Crippen LogP contribution in [0.5, 0.6) is 0 Å². The monoisotopic (exact) mass is 344 g/mol. The Balaban J connectivity index is 1.85. The average Bonchev–Trinajstić information content (AvgIpc) is 3.13. The lowest BCUT2D eigenvalue weighted by Gasteiger charge is -2.19. The number of ketones is 2. The highest BCUT2D eigenvalue weighted by molar-refractivity contribution is 6.30. The van der Waals surface area contributed by atoms with Crippen LogP contribution in [-0.4, -0.2) is 22.6 Å². The topological polar surface area (TPSA) is 84.6 Å². The molecule has 1 aromatic heterocycles. The Bertz CT molecular complexity index is 1100. The molecule has 1 heterocycles. The molecule has 2 aromatic carbocycles. The van der Waals surface area contributed by atoms with Crippen LogP contribution in [0, 0.1) is 0 Å². The summed E-state index contributed by atoms with van der Waals surface area (Å²) in [5, 5.41) is 8.70. The molecule has 126 valence electrons. The SMILES string of the molecule is O=C(O)C=Cc1ccc(-c2cccc3c2C(=O)c2ccccc2C3=O)o1. The van der Waals surface area contributed by atoms with Gasteiger partial charge in [0, 0.05) is 33.9 Å². The molecule has 4 rings (SSSR count). The third kappa shape index (κ3) is 2.46. The molecule has 0 bridgehead atoms. The standard InChI is InChI=1S/C21H12O5/c22-18(23)11-9-12-8-10-17(26-12)15-6-3-7-16-19(15)21(25)14-5-2-1-4-13(14)20(16)24/h1-11H,(H,22,23). The van der Waals surface area contributed by atoms with Crippen molar-refractivity contribution in [3.05, 3.63) is 88.7 Å². The zero-order valence-corrected chi connectivity index (χ0v) is 13.4. The van der Waals surface area contributed by atoms with Crippen LogP contribution >= 0.6 is 0 Å². The van der Waals surface area contributed by atoms with Crippen molar-refractivity contribution >= 4 is 23.6 Å². The van der Waals surface area contributed by atoms with Crippen LogP contribution in [0.2, 0.25) is 0 Å². The molecule has 0 saturated heterocycles. The zero-order chi connectivity index (χ0) is 18.3. The van der Waals surface area contributed by atoms with Crippen molar-refractivity contribution in [2.24, 2.45) is 0 Å². The summed E-state index contributed by atoms with van der Waals surface area (Å²) in [4.78, 5) is 36.4. The predicted octanol–water partition coefficient (Wildman–Crippen LogP) is 3.82. The highest BCUT2D eigenvalue weighted by atomic mass is 16.4. The van der Waals surface area contributed by atoms with E-state index in [2.05, 4.69) is 0 Å². The molecule has 26 heavy (non-hydrogen) atoms. The van der Waals surface area contributed by atoms with Crippen LogP contribution < -0.4 is 0 Å². The highest BCUT2D eigenvalue weighted by Crippen LogP contribution is 2.35. The summed E-state index contributed by atoms with van der Waals surface area (Å²) < 4.78 is 5.64. The number of carboxylic acid groups (broad SMARTS) is 1. The maximum Gasteiger partial charge on any atom is 0.328 e. The van der Waals surface area contributed by atoms with Crippen molar-refractivity contribution in [2.75, 3.05) is 0 Å². The summed E-state index contributed by atoms with van der Waals surface area (Å²) in [5.74, 6) is -0.778. The number of hydrogen-bond donors (Lipinski definition) is 1. The van der Waals surface area contributed by atoms with E-state index in [9.17, 15) is 14.4 Å².